The van der Waals surface area contributed by atoms with E-state index < -0.39 is 0 Å². The van der Waals surface area contributed by atoms with Gasteiger partial charge in [0.05, 0.1) is 6.04 Å². The van der Waals surface area contributed by atoms with Crippen LogP contribution in [-0.4, -0.2) is 11.9 Å². The molecule has 0 bridgehead atoms. The Balaban J connectivity index is 4.08. The first-order valence-electron chi connectivity index (χ1n) is 5.42. The van der Waals surface area contributed by atoms with Crippen LogP contribution in [0.15, 0.2) is 0 Å². The smallest absolute Gasteiger partial charge is 0.224 e. The van der Waals surface area contributed by atoms with Gasteiger partial charge in [0.15, 0.2) is 0 Å². The highest BCUT2D eigenvalue weighted by atomic mass is 16.1. The second-order valence-corrected chi connectivity index (χ2v) is 3.67. The van der Waals surface area contributed by atoms with Crippen molar-refractivity contribution < 1.29 is 4.79 Å². The molecule has 0 fully saturated rings. The lowest BCUT2D eigenvalue weighted by Gasteiger charge is -2.16. The summed E-state index contributed by atoms with van der Waals surface area (Å²) in [5, 5.41) is 2.82. The summed E-state index contributed by atoms with van der Waals surface area (Å²) in [7, 11) is 0. The number of terminal acetylenes is 1. The molecule has 0 aliphatic rings. The summed E-state index contributed by atoms with van der Waals surface area (Å²) >= 11 is 0. The SMILES string of the molecule is C#CC(C)NC(=O)C(CCC)CCC. The minimum absolute atomic E-state index is 0.110. The van der Waals surface area contributed by atoms with Gasteiger partial charge in [0, 0.05) is 5.92 Å². The van der Waals surface area contributed by atoms with E-state index >= 15 is 0 Å². The van der Waals surface area contributed by atoms with E-state index in [-0.39, 0.29) is 17.9 Å². The second kappa shape index (κ2) is 7.44. The van der Waals surface area contributed by atoms with Crippen molar-refractivity contribution in [2.45, 2.75) is 52.5 Å². The number of hydrogen-bond donors (Lipinski definition) is 1. The van der Waals surface area contributed by atoms with Gasteiger partial charge in [-0.1, -0.05) is 32.6 Å². The second-order valence-electron chi connectivity index (χ2n) is 3.67. The number of nitrogens with one attached hydrogen (secondary N) is 1. The molecule has 1 amide bonds. The molecule has 80 valence electrons. The summed E-state index contributed by atoms with van der Waals surface area (Å²) in [5.41, 5.74) is 0. The molecule has 0 saturated heterocycles. The zero-order valence-corrected chi connectivity index (χ0v) is 9.47. The van der Waals surface area contributed by atoms with Gasteiger partial charge in [-0.05, 0) is 19.8 Å². The Morgan fingerprint density at radius 3 is 2.21 bits per heavy atom. The van der Waals surface area contributed by atoms with Crippen LogP contribution in [0.4, 0.5) is 0 Å². The van der Waals surface area contributed by atoms with Gasteiger partial charge in [-0.2, -0.15) is 0 Å². The zero-order valence-electron chi connectivity index (χ0n) is 9.47. The minimum Gasteiger partial charge on any atom is -0.343 e. The molecule has 1 unspecified atom stereocenters. The fraction of sp³-hybridized carbons (Fsp3) is 0.750. The highest BCUT2D eigenvalue weighted by Gasteiger charge is 2.17. The quantitative estimate of drug-likeness (QED) is 0.648. The van der Waals surface area contributed by atoms with Crippen molar-refractivity contribution in [2.24, 2.45) is 5.92 Å². The maximum absolute atomic E-state index is 11.7. The number of carbonyl (C=O) groups is 1. The Kier molecular flexibility index (Phi) is 6.92. The van der Waals surface area contributed by atoms with Gasteiger partial charge in [0.1, 0.15) is 0 Å². The number of hydrogen-bond acceptors (Lipinski definition) is 1. The molecule has 0 saturated carbocycles. The maximum atomic E-state index is 11.7. The molecule has 0 aliphatic carbocycles. The summed E-state index contributed by atoms with van der Waals surface area (Å²) in [6.45, 7) is 6.02. The van der Waals surface area contributed by atoms with Crippen LogP contribution in [-0.2, 0) is 4.79 Å². The molecular formula is C12H21NO. The standard InChI is InChI=1S/C12H21NO/c1-5-8-11(9-6-2)12(14)13-10(4)7-3/h3,10-11H,5-6,8-9H2,1-2,4H3,(H,13,14). The van der Waals surface area contributed by atoms with Gasteiger partial charge in [0.25, 0.3) is 0 Å². The van der Waals surface area contributed by atoms with Crippen LogP contribution in [0.25, 0.3) is 0 Å². The van der Waals surface area contributed by atoms with E-state index in [0.717, 1.165) is 25.7 Å². The molecule has 0 aromatic rings. The Bertz CT molecular complexity index is 199. The lowest BCUT2D eigenvalue weighted by atomic mass is 9.97. The first kappa shape index (κ1) is 13.0. The first-order chi connectivity index (χ1) is 6.65. The van der Waals surface area contributed by atoms with E-state index in [1.807, 2.05) is 6.92 Å². The molecule has 14 heavy (non-hydrogen) atoms. The van der Waals surface area contributed by atoms with Crippen LogP contribution in [0, 0.1) is 18.3 Å². The normalized spacial score (nSPS) is 12.2. The summed E-state index contributed by atoms with van der Waals surface area (Å²) in [5.74, 6) is 2.75. The highest BCUT2D eigenvalue weighted by molar-refractivity contribution is 5.79. The average molecular weight is 195 g/mol. The van der Waals surface area contributed by atoms with Crippen molar-refractivity contribution in [1.29, 1.82) is 0 Å². The Morgan fingerprint density at radius 1 is 1.36 bits per heavy atom. The topological polar surface area (TPSA) is 29.1 Å². The maximum Gasteiger partial charge on any atom is 0.224 e. The largest absolute Gasteiger partial charge is 0.343 e. The molecule has 1 atom stereocenters. The van der Waals surface area contributed by atoms with E-state index in [2.05, 4.69) is 25.1 Å². The number of amides is 1. The Hall–Kier alpha value is -0.970. The van der Waals surface area contributed by atoms with Gasteiger partial charge < -0.3 is 5.32 Å². The van der Waals surface area contributed by atoms with Gasteiger partial charge in [0.2, 0.25) is 5.91 Å². The third-order valence-electron chi connectivity index (χ3n) is 2.25. The molecule has 2 nitrogen and oxygen atoms in total. The molecule has 0 aromatic heterocycles. The monoisotopic (exact) mass is 195 g/mol. The van der Waals surface area contributed by atoms with Crippen LogP contribution in [0.5, 0.6) is 0 Å². The van der Waals surface area contributed by atoms with Crippen molar-refractivity contribution in [3.63, 3.8) is 0 Å². The molecular weight excluding hydrogens is 174 g/mol. The Morgan fingerprint density at radius 2 is 1.86 bits per heavy atom. The van der Waals surface area contributed by atoms with E-state index in [4.69, 9.17) is 6.42 Å². The lowest BCUT2D eigenvalue weighted by Crippen LogP contribution is -2.36. The van der Waals surface area contributed by atoms with Gasteiger partial charge >= 0.3 is 0 Å². The molecule has 0 aromatic carbocycles. The minimum atomic E-state index is -0.154. The third kappa shape index (κ3) is 4.91. The number of rotatable bonds is 6. The molecule has 0 spiro atoms. The van der Waals surface area contributed by atoms with Crippen LogP contribution < -0.4 is 5.32 Å². The number of carbonyl (C=O) groups excluding carboxylic acids is 1. The van der Waals surface area contributed by atoms with Crippen LogP contribution >= 0.6 is 0 Å². The average Bonchev–Trinajstić information content (AvgIpc) is 2.17. The third-order valence-corrected chi connectivity index (χ3v) is 2.25. The van der Waals surface area contributed by atoms with Gasteiger partial charge in [-0.3, -0.25) is 4.79 Å². The molecule has 1 N–H and O–H groups in total. The van der Waals surface area contributed by atoms with Gasteiger partial charge in [-0.15, -0.1) is 6.42 Å². The molecule has 0 radical (unpaired) electrons. The Labute approximate surface area is 87.5 Å². The first-order valence-corrected chi connectivity index (χ1v) is 5.42. The van der Waals surface area contributed by atoms with E-state index in [0.29, 0.717) is 0 Å². The van der Waals surface area contributed by atoms with Gasteiger partial charge in [-0.25, -0.2) is 0 Å². The summed E-state index contributed by atoms with van der Waals surface area (Å²) in [6.07, 6.45) is 9.20. The van der Waals surface area contributed by atoms with Crippen LogP contribution in [0.1, 0.15) is 46.5 Å². The van der Waals surface area contributed by atoms with E-state index in [1.165, 1.54) is 0 Å². The molecule has 0 heterocycles. The molecule has 0 rings (SSSR count). The van der Waals surface area contributed by atoms with Crippen molar-refractivity contribution in [1.82, 2.24) is 5.32 Å². The van der Waals surface area contributed by atoms with Crippen molar-refractivity contribution in [3.05, 3.63) is 0 Å². The van der Waals surface area contributed by atoms with E-state index in [1.54, 1.807) is 0 Å². The summed E-state index contributed by atoms with van der Waals surface area (Å²) in [6, 6.07) is -0.154. The fourth-order valence-corrected chi connectivity index (χ4v) is 1.48. The lowest BCUT2D eigenvalue weighted by molar-refractivity contribution is -0.125. The van der Waals surface area contributed by atoms with E-state index in [9.17, 15) is 4.79 Å². The van der Waals surface area contributed by atoms with Crippen LogP contribution in [0.2, 0.25) is 0 Å². The predicted molar refractivity (Wildman–Crippen MR) is 59.7 cm³/mol. The van der Waals surface area contributed by atoms with Crippen molar-refractivity contribution in [3.8, 4) is 12.3 Å². The van der Waals surface area contributed by atoms with Crippen molar-refractivity contribution in [2.75, 3.05) is 0 Å². The van der Waals surface area contributed by atoms with Crippen LogP contribution in [0.3, 0.4) is 0 Å². The zero-order chi connectivity index (χ0) is 11.0. The molecule has 0 aliphatic heterocycles. The highest BCUT2D eigenvalue weighted by Crippen LogP contribution is 2.13. The summed E-state index contributed by atoms with van der Waals surface area (Å²) in [4.78, 5) is 11.7. The van der Waals surface area contributed by atoms with Crippen molar-refractivity contribution >= 4 is 5.91 Å². The predicted octanol–water partition coefficient (Wildman–Crippen LogP) is 2.34. The fourth-order valence-electron chi connectivity index (χ4n) is 1.48. The summed E-state index contributed by atoms with van der Waals surface area (Å²) < 4.78 is 0. The molecule has 2 heteroatoms.